The van der Waals surface area contributed by atoms with Gasteiger partial charge in [-0.15, -0.1) is 0 Å². The first-order chi connectivity index (χ1) is 9.70. The minimum Gasteiger partial charge on any atom is -0.339 e. The molecule has 21 heavy (non-hydrogen) atoms. The van der Waals surface area contributed by atoms with Crippen LogP contribution in [0.4, 0.5) is 13.2 Å². The summed E-state index contributed by atoms with van der Waals surface area (Å²) in [5.41, 5.74) is 0.204. The van der Waals surface area contributed by atoms with E-state index in [4.69, 9.17) is 23.2 Å². The zero-order chi connectivity index (χ0) is 15.8. The summed E-state index contributed by atoms with van der Waals surface area (Å²) in [5, 5.41) is 0.544. The molecule has 8 heteroatoms. The third kappa shape index (κ3) is 3.85. The summed E-state index contributed by atoms with van der Waals surface area (Å²) in [6.45, 7) is 0.125. The second-order valence-corrected chi connectivity index (χ2v) is 6.52. The van der Waals surface area contributed by atoms with Gasteiger partial charge in [0.05, 0.1) is 21.5 Å². The molecule has 1 aliphatic rings. The molecule has 1 heterocycles. The van der Waals surface area contributed by atoms with E-state index in [2.05, 4.69) is 15.9 Å². The average molecular weight is 405 g/mol. The average Bonchev–Trinajstić information content (AvgIpc) is 2.41. The Balaban J connectivity index is 2.11. The van der Waals surface area contributed by atoms with Crippen molar-refractivity contribution in [1.82, 2.24) is 4.90 Å². The molecule has 2 nitrogen and oxygen atoms in total. The van der Waals surface area contributed by atoms with E-state index in [1.165, 1.54) is 17.0 Å². The fourth-order valence-corrected chi connectivity index (χ4v) is 3.15. The molecule has 0 spiro atoms. The lowest BCUT2D eigenvalue weighted by molar-refractivity contribution is -0.183. The predicted molar refractivity (Wildman–Crippen MR) is 78.8 cm³/mol. The van der Waals surface area contributed by atoms with Gasteiger partial charge < -0.3 is 4.90 Å². The van der Waals surface area contributed by atoms with Crippen LogP contribution in [-0.4, -0.2) is 30.1 Å². The van der Waals surface area contributed by atoms with Crippen LogP contribution in [0.25, 0.3) is 0 Å². The number of carbonyl (C=O) groups excluding carboxylic acids is 1. The van der Waals surface area contributed by atoms with E-state index in [9.17, 15) is 18.0 Å². The van der Waals surface area contributed by atoms with E-state index < -0.39 is 18.0 Å². The van der Waals surface area contributed by atoms with Gasteiger partial charge in [0.15, 0.2) is 0 Å². The first-order valence-electron chi connectivity index (χ1n) is 6.20. The Morgan fingerprint density at radius 2 is 1.76 bits per heavy atom. The SMILES string of the molecule is O=C(c1cc(Cl)c(Br)cc1Cl)N1CCC(C(F)(F)F)CC1. The molecule has 0 aliphatic carbocycles. The molecule has 1 aliphatic heterocycles. The van der Waals surface area contributed by atoms with Crippen molar-refractivity contribution in [1.29, 1.82) is 0 Å². The Labute approximate surface area is 138 Å². The smallest absolute Gasteiger partial charge is 0.339 e. The van der Waals surface area contributed by atoms with E-state index in [0.29, 0.717) is 9.50 Å². The molecule has 0 N–H and O–H groups in total. The number of alkyl halides is 3. The number of hydrogen-bond donors (Lipinski definition) is 0. The van der Waals surface area contributed by atoms with Crippen LogP contribution < -0.4 is 0 Å². The van der Waals surface area contributed by atoms with Crippen molar-refractivity contribution in [2.24, 2.45) is 5.92 Å². The van der Waals surface area contributed by atoms with Gasteiger partial charge in [-0.25, -0.2) is 0 Å². The quantitative estimate of drug-likeness (QED) is 0.591. The molecule has 2 rings (SSSR count). The lowest BCUT2D eigenvalue weighted by Gasteiger charge is -2.33. The number of amides is 1. The first-order valence-corrected chi connectivity index (χ1v) is 7.75. The fourth-order valence-electron chi connectivity index (χ4n) is 2.27. The summed E-state index contributed by atoms with van der Waals surface area (Å²) in [6.07, 6.45) is -4.37. The summed E-state index contributed by atoms with van der Waals surface area (Å²) in [4.78, 5) is 13.7. The maximum Gasteiger partial charge on any atom is 0.391 e. The summed E-state index contributed by atoms with van der Waals surface area (Å²) < 4.78 is 38.4. The molecule has 0 aromatic heterocycles. The van der Waals surface area contributed by atoms with Gasteiger partial charge in [-0.05, 0) is 40.9 Å². The summed E-state index contributed by atoms with van der Waals surface area (Å²) in [7, 11) is 0. The van der Waals surface area contributed by atoms with Crippen molar-refractivity contribution in [3.63, 3.8) is 0 Å². The molecule has 0 radical (unpaired) electrons. The van der Waals surface area contributed by atoms with E-state index in [0.717, 1.165) is 0 Å². The van der Waals surface area contributed by atoms with Crippen molar-refractivity contribution in [3.05, 3.63) is 32.2 Å². The highest BCUT2D eigenvalue weighted by Gasteiger charge is 2.41. The molecule has 0 unspecified atom stereocenters. The summed E-state index contributed by atoms with van der Waals surface area (Å²) >= 11 is 15.1. The number of piperidine rings is 1. The normalized spacial score (nSPS) is 17.1. The van der Waals surface area contributed by atoms with E-state index in [-0.39, 0.29) is 36.5 Å². The number of halogens is 6. The highest BCUT2D eigenvalue weighted by Crippen LogP contribution is 2.35. The molecule has 0 bridgehead atoms. The summed E-state index contributed by atoms with van der Waals surface area (Å²) in [6, 6.07) is 2.92. The number of benzene rings is 1. The van der Waals surface area contributed by atoms with Gasteiger partial charge in [0.2, 0.25) is 0 Å². The summed E-state index contributed by atoms with van der Waals surface area (Å²) in [5.74, 6) is -1.74. The Morgan fingerprint density at radius 3 is 2.29 bits per heavy atom. The Morgan fingerprint density at radius 1 is 1.19 bits per heavy atom. The molecular formula is C13H11BrCl2F3NO. The topological polar surface area (TPSA) is 20.3 Å². The van der Waals surface area contributed by atoms with Gasteiger partial charge >= 0.3 is 6.18 Å². The lowest BCUT2D eigenvalue weighted by Crippen LogP contribution is -2.42. The van der Waals surface area contributed by atoms with Crippen molar-refractivity contribution < 1.29 is 18.0 Å². The molecule has 0 atom stereocenters. The molecule has 1 aromatic carbocycles. The van der Waals surface area contributed by atoms with Crippen LogP contribution in [-0.2, 0) is 0 Å². The van der Waals surface area contributed by atoms with Crippen molar-refractivity contribution >= 4 is 45.0 Å². The predicted octanol–water partition coefficient (Wildman–Crippen LogP) is 5.17. The molecular weight excluding hydrogens is 394 g/mol. The van der Waals surface area contributed by atoms with Gasteiger partial charge in [-0.3, -0.25) is 4.79 Å². The Hall–Kier alpha value is -0.460. The molecule has 116 valence electrons. The van der Waals surface area contributed by atoms with Gasteiger partial charge in [0, 0.05) is 17.6 Å². The van der Waals surface area contributed by atoms with E-state index in [1.54, 1.807) is 0 Å². The maximum atomic E-state index is 12.6. The number of hydrogen-bond acceptors (Lipinski definition) is 1. The van der Waals surface area contributed by atoms with Crippen LogP contribution in [0.5, 0.6) is 0 Å². The molecule has 1 amide bonds. The van der Waals surface area contributed by atoms with Crippen molar-refractivity contribution in [2.75, 3.05) is 13.1 Å². The van der Waals surface area contributed by atoms with Crippen molar-refractivity contribution in [2.45, 2.75) is 19.0 Å². The number of rotatable bonds is 1. The van der Waals surface area contributed by atoms with Gasteiger partial charge in [-0.1, -0.05) is 23.2 Å². The minimum absolute atomic E-state index is 0.0625. The standard InChI is InChI=1S/C13H11BrCl2F3NO/c14-9-6-10(15)8(5-11(9)16)12(21)20-3-1-7(2-4-20)13(17,18)19/h5-7H,1-4H2. The number of likely N-dealkylation sites (tertiary alicyclic amines) is 1. The molecule has 1 aromatic rings. The van der Waals surface area contributed by atoms with Crippen LogP contribution in [0.3, 0.4) is 0 Å². The van der Waals surface area contributed by atoms with Crippen LogP contribution in [0.2, 0.25) is 10.0 Å². The lowest BCUT2D eigenvalue weighted by atomic mass is 9.96. The third-order valence-electron chi connectivity index (χ3n) is 3.49. The molecule has 0 saturated carbocycles. The van der Waals surface area contributed by atoms with Crippen LogP contribution in [0, 0.1) is 5.92 Å². The van der Waals surface area contributed by atoms with Crippen molar-refractivity contribution in [3.8, 4) is 0 Å². The number of nitrogens with zero attached hydrogens (tertiary/aromatic N) is 1. The maximum absolute atomic E-state index is 12.6. The Kier molecular flexibility index (Phi) is 5.11. The highest BCUT2D eigenvalue weighted by atomic mass is 79.9. The van der Waals surface area contributed by atoms with Crippen LogP contribution in [0.15, 0.2) is 16.6 Å². The first kappa shape index (κ1) is 16.9. The second-order valence-electron chi connectivity index (χ2n) is 4.85. The van der Waals surface area contributed by atoms with Crippen LogP contribution >= 0.6 is 39.1 Å². The minimum atomic E-state index is -4.20. The molecule has 1 saturated heterocycles. The van der Waals surface area contributed by atoms with E-state index >= 15 is 0 Å². The number of carbonyl (C=O) groups is 1. The van der Waals surface area contributed by atoms with E-state index in [1.807, 2.05) is 0 Å². The second kappa shape index (κ2) is 6.34. The van der Waals surface area contributed by atoms with Crippen LogP contribution in [0.1, 0.15) is 23.2 Å². The third-order valence-corrected chi connectivity index (χ3v) is 5.00. The highest BCUT2D eigenvalue weighted by molar-refractivity contribution is 9.10. The van der Waals surface area contributed by atoms with Gasteiger partial charge in [-0.2, -0.15) is 13.2 Å². The molecule has 1 fully saturated rings. The zero-order valence-electron chi connectivity index (χ0n) is 10.7. The zero-order valence-corrected chi connectivity index (χ0v) is 13.8. The Bertz CT molecular complexity index is 557. The largest absolute Gasteiger partial charge is 0.391 e. The van der Waals surface area contributed by atoms with Gasteiger partial charge in [0.25, 0.3) is 5.91 Å². The fraction of sp³-hybridized carbons (Fsp3) is 0.462. The monoisotopic (exact) mass is 403 g/mol. The van der Waals surface area contributed by atoms with Gasteiger partial charge in [0.1, 0.15) is 0 Å².